The predicted octanol–water partition coefficient (Wildman–Crippen LogP) is 6.93. The maximum absolute atomic E-state index is 14.1. The van der Waals surface area contributed by atoms with Crippen molar-refractivity contribution in [2.45, 2.75) is 26.6 Å². The summed E-state index contributed by atoms with van der Waals surface area (Å²) in [6, 6.07) is 24.1. The lowest BCUT2D eigenvalue weighted by Gasteiger charge is -2.18. The van der Waals surface area contributed by atoms with Gasteiger partial charge in [0.05, 0.1) is 30.6 Å². The number of ether oxygens (including phenoxy) is 2. The van der Waals surface area contributed by atoms with E-state index < -0.39 is 16.3 Å². The Morgan fingerprint density at radius 3 is 2.34 bits per heavy atom. The number of nitro groups is 1. The number of carbonyl (C=O) groups is 1. The Morgan fingerprint density at radius 2 is 1.68 bits per heavy atom. The largest absolute Gasteiger partial charge is 0.497 e. The molecular weight excluding hydrogens is 602 g/mol. The maximum Gasteiger partial charge on any atom is 0.343 e. The van der Waals surface area contributed by atoms with Crippen LogP contribution in [-0.2, 0) is 24.4 Å². The van der Waals surface area contributed by atoms with Crippen molar-refractivity contribution in [2.24, 2.45) is 0 Å². The smallest absolute Gasteiger partial charge is 0.343 e. The molecule has 0 amide bonds. The molecule has 228 valence electrons. The Hall–Kier alpha value is -4.51. The number of esters is 1. The first-order valence-electron chi connectivity index (χ1n) is 13.8. The number of hydrogen-bond acceptors (Lipinski definition) is 8. The molecule has 0 spiro atoms. The molecule has 2 heterocycles. The van der Waals surface area contributed by atoms with Crippen LogP contribution in [0.15, 0.2) is 89.9 Å². The number of hydrogen-bond donors (Lipinski definition) is 0. The molecule has 0 bridgehead atoms. The van der Waals surface area contributed by atoms with Crippen LogP contribution in [0.3, 0.4) is 0 Å². The van der Waals surface area contributed by atoms with Crippen LogP contribution in [-0.4, -0.2) is 41.1 Å². The van der Waals surface area contributed by atoms with Gasteiger partial charge >= 0.3 is 5.97 Å². The number of halogens is 1. The second-order valence-electron chi connectivity index (χ2n) is 10.1. The standard InChI is InChI=1S/C33H31N3O6S.ClH/c1-4-42-33(38)27-21-35(19-24-12-8-9-13-28(24)36(39)40)32-29(30(27)37)26(20-34(2)18-22-10-6-5-7-11-22)31(43-32)23-14-16-25(41-3)17-15-23;/h5-17,21H,4,18-20H2,1-3H3;1H. The third kappa shape index (κ3) is 6.83. The van der Waals surface area contributed by atoms with E-state index in [4.69, 9.17) is 9.47 Å². The number of rotatable bonds is 11. The molecule has 0 fully saturated rings. The molecule has 0 saturated heterocycles. The number of carbonyl (C=O) groups excluding carboxylic acids is 1. The fraction of sp³-hybridized carbons (Fsp3) is 0.212. The molecule has 0 aliphatic carbocycles. The van der Waals surface area contributed by atoms with Gasteiger partial charge in [0, 0.05) is 35.8 Å². The summed E-state index contributed by atoms with van der Waals surface area (Å²) in [6.07, 6.45) is 1.46. The first-order valence-corrected chi connectivity index (χ1v) is 14.6. The fourth-order valence-electron chi connectivity index (χ4n) is 5.12. The minimum Gasteiger partial charge on any atom is -0.497 e. The van der Waals surface area contributed by atoms with Crippen molar-refractivity contribution in [3.8, 4) is 16.2 Å². The Kier molecular flexibility index (Phi) is 10.5. The van der Waals surface area contributed by atoms with Gasteiger partial charge in [-0.05, 0) is 54.9 Å². The molecule has 44 heavy (non-hydrogen) atoms. The van der Waals surface area contributed by atoms with Crippen LogP contribution in [0.1, 0.15) is 34.0 Å². The number of pyridine rings is 1. The Balaban J connectivity index is 0.00000442. The van der Waals surface area contributed by atoms with Crippen LogP contribution in [0.25, 0.3) is 20.7 Å². The molecule has 0 atom stereocenters. The minimum absolute atomic E-state index is 0. The van der Waals surface area contributed by atoms with Crippen molar-refractivity contribution < 1.29 is 19.2 Å². The summed E-state index contributed by atoms with van der Waals surface area (Å²) in [5, 5.41) is 12.2. The van der Waals surface area contributed by atoms with E-state index in [1.165, 1.54) is 23.6 Å². The second kappa shape index (κ2) is 14.3. The Bertz CT molecular complexity index is 1840. The molecule has 5 aromatic rings. The van der Waals surface area contributed by atoms with Gasteiger partial charge in [-0.2, -0.15) is 0 Å². The van der Waals surface area contributed by atoms with Gasteiger partial charge in [-0.1, -0.05) is 48.5 Å². The van der Waals surface area contributed by atoms with Gasteiger partial charge in [0.2, 0.25) is 5.43 Å². The van der Waals surface area contributed by atoms with Crippen LogP contribution in [0, 0.1) is 10.1 Å². The van der Waals surface area contributed by atoms with Gasteiger partial charge in [-0.25, -0.2) is 4.79 Å². The molecule has 9 nitrogen and oxygen atoms in total. The molecule has 3 aromatic carbocycles. The molecular formula is C33H32ClN3O6S. The average Bonchev–Trinajstić information content (AvgIpc) is 3.38. The van der Waals surface area contributed by atoms with Gasteiger partial charge in [0.25, 0.3) is 5.69 Å². The number of para-hydroxylation sites is 1. The Labute approximate surface area is 264 Å². The topological polar surface area (TPSA) is 104 Å². The van der Waals surface area contributed by atoms with Crippen LogP contribution in [0.5, 0.6) is 5.75 Å². The van der Waals surface area contributed by atoms with Crippen LogP contribution in [0.4, 0.5) is 5.69 Å². The van der Waals surface area contributed by atoms with Crippen LogP contribution >= 0.6 is 23.7 Å². The molecule has 0 aliphatic rings. The summed E-state index contributed by atoms with van der Waals surface area (Å²) < 4.78 is 12.4. The normalized spacial score (nSPS) is 10.9. The Morgan fingerprint density at radius 1 is 1.00 bits per heavy atom. The second-order valence-corrected chi connectivity index (χ2v) is 11.1. The summed E-state index contributed by atoms with van der Waals surface area (Å²) in [5.74, 6) is -0.0281. The highest BCUT2D eigenvalue weighted by Crippen LogP contribution is 2.39. The number of aromatic nitrogens is 1. The van der Waals surface area contributed by atoms with Gasteiger partial charge < -0.3 is 14.0 Å². The number of fused-ring (bicyclic) bond motifs is 1. The first-order chi connectivity index (χ1) is 20.8. The fourth-order valence-corrected chi connectivity index (χ4v) is 6.41. The molecule has 5 rings (SSSR count). The highest BCUT2D eigenvalue weighted by molar-refractivity contribution is 7.22. The third-order valence-electron chi connectivity index (χ3n) is 7.11. The molecule has 2 aromatic heterocycles. The number of methoxy groups -OCH3 is 1. The summed E-state index contributed by atoms with van der Waals surface area (Å²) in [4.78, 5) is 42.1. The highest BCUT2D eigenvalue weighted by Gasteiger charge is 2.26. The summed E-state index contributed by atoms with van der Waals surface area (Å²) in [6.45, 7) is 2.93. The molecule has 0 unspecified atom stereocenters. The van der Waals surface area contributed by atoms with E-state index in [2.05, 4.69) is 4.90 Å². The van der Waals surface area contributed by atoms with Crippen molar-refractivity contribution >= 4 is 45.6 Å². The van der Waals surface area contributed by atoms with Gasteiger partial charge in [0.1, 0.15) is 16.1 Å². The lowest BCUT2D eigenvalue weighted by molar-refractivity contribution is -0.385. The maximum atomic E-state index is 14.1. The lowest BCUT2D eigenvalue weighted by atomic mass is 10.0. The average molecular weight is 634 g/mol. The number of nitrogens with zero attached hydrogens (tertiary/aromatic N) is 3. The summed E-state index contributed by atoms with van der Waals surface area (Å²) >= 11 is 1.42. The molecule has 0 saturated carbocycles. The SMILES string of the molecule is CCOC(=O)c1cn(Cc2ccccc2[N+](=O)[O-])c2sc(-c3ccc(OC)cc3)c(CN(C)Cc3ccccc3)c2c1=O.Cl. The van der Waals surface area contributed by atoms with Crippen molar-refractivity contribution in [2.75, 3.05) is 20.8 Å². The first kappa shape index (κ1) is 32.4. The van der Waals surface area contributed by atoms with Crippen molar-refractivity contribution in [1.29, 1.82) is 0 Å². The zero-order valence-electron chi connectivity index (χ0n) is 24.5. The van der Waals surface area contributed by atoms with E-state index in [1.807, 2.05) is 61.6 Å². The van der Waals surface area contributed by atoms with Crippen molar-refractivity contribution in [3.63, 3.8) is 0 Å². The van der Waals surface area contributed by atoms with E-state index in [0.29, 0.717) is 34.6 Å². The van der Waals surface area contributed by atoms with Gasteiger partial charge in [0.15, 0.2) is 0 Å². The zero-order valence-corrected chi connectivity index (χ0v) is 26.2. The number of nitro benzene ring substituents is 1. The number of thiophene rings is 1. The lowest BCUT2D eigenvalue weighted by Crippen LogP contribution is -2.23. The van der Waals surface area contributed by atoms with E-state index >= 15 is 0 Å². The van der Waals surface area contributed by atoms with E-state index in [9.17, 15) is 19.7 Å². The van der Waals surface area contributed by atoms with E-state index in [-0.39, 0.29) is 36.8 Å². The molecule has 11 heteroatoms. The van der Waals surface area contributed by atoms with Gasteiger partial charge in [-0.15, -0.1) is 23.7 Å². The molecule has 0 aliphatic heterocycles. The van der Waals surface area contributed by atoms with Gasteiger partial charge in [-0.3, -0.25) is 19.8 Å². The van der Waals surface area contributed by atoms with Crippen LogP contribution in [0.2, 0.25) is 0 Å². The van der Waals surface area contributed by atoms with Crippen molar-refractivity contribution in [3.05, 3.63) is 128 Å². The van der Waals surface area contributed by atoms with E-state index in [1.54, 1.807) is 36.8 Å². The van der Waals surface area contributed by atoms with Crippen molar-refractivity contribution in [1.82, 2.24) is 9.47 Å². The predicted molar refractivity (Wildman–Crippen MR) is 175 cm³/mol. The quantitative estimate of drug-likeness (QED) is 0.0883. The van der Waals surface area contributed by atoms with E-state index in [0.717, 1.165) is 21.6 Å². The molecule has 0 radical (unpaired) electrons. The third-order valence-corrected chi connectivity index (χ3v) is 8.42. The molecule has 0 N–H and O–H groups in total. The highest BCUT2D eigenvalue weighted by atomic mass is 35.5. The zero-order chi connectivity index (χ0) is 30.5. The summed E-state index contributed by atoms with van der Waals surface area (Å²) in [5.41, 5.74) is 2.66. The van der Waals surface area contributed by atoms with Crippen LogP contribution < -0.4 is 10.2 Å². The number of benzene rings is 3. The monoisotopic (exact) mass is 633 g/mol. The summed E-state index contributed by atoms with van der Waals surface area (Å²) in [7, 11) is 3.58. The minimum atomic E-state index is -0.730.